The first-order chi connectivity index (χ1) is 8.61. The fourth-order valence-corrected chi connectivity index (χ4v) is 1.83. The second kappa shape index (κ2) is 5.49. The molecule has 1 atom stereocenters. The fourth-order valence-electron chi connectivity index (χ4n) is 1.40. The van der Waals surface area contributed by atoms with Crippen LogP contribution in [0.25, 0.3) is 0 Å². The van der Waals surface area contributed by atoms with Crippen molar-refractivity contribution < 1.29 is 4.79 Å². The first-order valence-electron chi connectivity index (χ1n) is 5.66. The number of nitrogens with zero attached hydrogens (tertiary/aromatic N) is 2. The van der Waals surface area contributed by atoms with E-state index in [4.69, 9.17) is 5.84 Å². The van der Waals surface area contributed by atoms with Gasteiger partial charge in [-0.15, -0.1) is 0 Å². The van der Waals surface area contributed by atoms with E-state index >= 15 is 0 Å². The van der Waals surface area contributed by atoms with Crippen molar-refractivity contribution in [2.45, 2.75) is 31.8 Å². The van der Waals surface area contributed by atoms with Crippen LogP contribution in [0.2, 0.25) is 0 Å². The molecule has 1 aliphatic carbocycles. The average molecular weight is 315 g/mol. The molecule has 0 spiro atoms. The molecule has 2 rings (SSSR count). The van der Waals surface area contributed by atoms with Crippen LogP contribution in [0, 0.1) is 0 Å². The summed E-state index contributed by atoms with van der Waals surface area (Å²) in [7, 11) is 0. The molecule has 0 aliphatic heterocycles. The van der Waals surface area contributed by atoms with E-state index in [1.54, 1.807) is 6.92 Å². The number of aromatic nitrogens is 2. The van der Waals surface area contributed by atoms with Gasteiger partial charge in [-0.25, -0.2) is 15.8 Å². The van der Waals surface area contributed by atoms with Crippen LogP contribution in [0.1, 0.15) is 19.8 Å². The molecule has 5 N–H and O–H groups in total. The van der Waals surface area contributed by atoms with Gasteiger partial charge in [0.05, 0.1) is 0 Å². The van der Waals surface area contributed by atoms with Gasteiger partial charge in [0.1, 0.15) is 22.7 Å². The van der Waals surface area contributed by atoms with Gasteiger partial charge in [0.15, 0.2) is 5.82 Å². The molecule has 7 nitrogen and oxygen atoms in total. The van der Waals surface area contributed by atoms with E-state index < -0.39 is 0 Å². The Morgan fingerprint density at radius 1 is 1.50 bits per heavy atom. The minimum absolute atomic E-state index is 0.0368. The minimum atomic E-state index is -0.373. The minimum Gasteiger partial charge on any atom is -0.358 e. The SMILES string of the molecule is CC(Nc1ncnc(NN)c1Br)C(=O)NC1CC1. The lowest BCUT2D eigenvalue weighted by Crippen LogP contribution is -2.39. The summed E-state index contributed by atoms with van der Waals surface area (Å²) >= 11 is 3.32. The lowest BCUT2D eigenvalue weighted by molar-refractivity contribution is -0.121. The number of amides is 1. The highest BCUT2D eigenvalue weighted by Gasteiger charge is 2.26. The molecule has 1 aliphatic rings. The number of anilines is 2. The van der Waals surface area contributed by atoms with Crippen LogP contribution in [0.4, 0.5) is 11.6 Å². The largest absolute Gasteiger partial charge is 0.358 e. The zero-order chi connectivity index (χ0) is 13.1. The fraction of sp³-hybridized carbons (Fsp3) is 0.500. The lowest BCUT2D eigenvalue weighted by Gasteiger charge is -2.16. The summed E-state index contributed by atoms with van der Waals surface area (Å²) in [5, 5.41) is 5.93. The van der Waals surface area contributed by atoms with Gasteiger partial charge in [0, 0.05) is 6.04 Å². The first kappa shape index (κ1) is 13.0. The molecule has 1 unspecified atom stereocenters. The second-order valence-electron chi connectivity index (χ2n) is 4.18. The maximum Gasteiger partial charge on any atom is 0.242 e. The number of hydrazine groups is 1. The van der Waals surface area contributed by atoms with Gasteiger partial charge in [-0.2, -0.15) is 0 Å². The zero-order valence-corrected chi connectivity index (χ0v) is 11.5. The van der Waals surface area contributed by atoms with Crippen LogP contribution < -0.4 is 21.9 Å². The molecule has 0 bridgehead atoms. The van der Waals surface area contributed by atoms with Crippen LogP contribution in [-0.4, -0.2) is 28.0 Å². The van der Waals surface area contributed by atoms with Crippen molar-refractivity contribution in [3.05, 3.63) is 10.8 Å². The number of carbonyl (C=O) groups excluding carboxylic acids is 1. The summed E-state index contributed by atoms with van der Waals surface area (Å²) in [6.45, 7) is 1.78. The molecular weight excluding hydrogens is 300 g/mol. The molecule has 0 aromatic carbocycles. The molecule has 1 aromatic heterocycles. The third-order valence-electron chi connectivity index (χ3n) is 2.60. The van der Waals surface area contributed by atoms with Crippen LogP contribution in [0.15, 0.2) is 10.8 Å². The van der Waals surface area contributed by atoms with E-state index in [0.29, 0.717) is 22.2 Å². The monoisotopic (exact) mass is 314 g/mol. The zero-order valence-electron chi connectivity index (χ0n) is 9.90. The Morgan fingerprint density at radius 3 is 2.78 bits per heavy atom. The van der Waals surface area contributed by atoms with Crippen molar-refractivity contribution in [1.29, 1.82) is 0 Å². The number of hydrogen-bond donors (Lipinski definition) is 4. The van der Waals surface area contributed by atoms with Crippen LogP contribution in [-0.2, 0) is 4.79 Å². The highest BCUT2D eigenvalue weighted by atomic mass is 79.9. The van der Waals surface area contributed by atoms with E-state index in [2.05, 4.69) is 42.0 Å². The Bertz CT molecular complexity index is 450. The standard InChI is InChI=1S/C10H15BrN6O/c1-5(10(18)16-6-2-3-6)15-8-7(11)9(17-12)14-4-13-8/h4-6H,2-3,12H2,1H3,(H,16,18)(H2,13,14,15,17). The summed E-state index contributed by atoms with van der Waals surface area (Å²) in [6.07, 6.45) is 3.50. The Hall–Kier alpha value is -1.41. The van der Waals surface area contributed by atoms with E-state index in [9.17, 15) is 4.79 Å². The predicted octanol–water partition coefficient (Wildman–Crippen LogP) is 0.604. The van der Waals surface area contributed by atoms with Gasteiger partial charge in [0.25, 0.3) is 0 Å². The molecule has 1 saturated carbocycles. The van der Waals surface area contributed by atoms with Crippen LogP contribution in [0.3, 0.4) is 0 Å². The number of nitrogens with two attached hydrogens (primary N) is 1. The van der Waals surface area contributed by atoms with Crippen molar-refractivity contribution in [2.75, 3.05) is 10.7 Å². The first-order valence-corrected chi connectivity index (χ1v) is 6.45. The van der Waals surface area contributed by atoms with Crippen molar-refractivity contribution in [1.82, 2.24) is 15.3 Å². The lowest BCUT2D eigenvalue weighted by atomic mass is 10.3. The maximum absolute atomic E-state index is 11.8. The normalized spacial score (nSPS) is 15.9. The molecule has 0 saturated heterocycles. The Kier molecular flexibility index (Phi) is 3.97. The molecule has 0 radical (unpaired) electrons. The highest BCUT2D eigenvalue weighted by Crippen LogP contribution is 2.26. The summed E-state index contributed by atoms with van der Waals surface area (Å²) in [5.74, 6) is 6.26. The third-order valence-corrected chi connectivity index (χ3v) is 3.35. The predicted molar refractivity (Wildman–Crippen MR) is 71.8 cm³/mol. The van der Waals surface area contributed by atoms with Gasteiger partial charge in [0.2, 0.25) is 5.91 Å². The Labute approximate surface area is 113 Å². The van der Waals surface area contributed by atoms with Gasteiger partial charge >= 0.3 is 0 Å². The second-order valence-corrected chi connectivity index (χ2v) is 4.97. The van der Waals surface area contributed by atoms with Gasteiger partial charge in [-0.05, 0) is 35.7 Å². The third kappa shape index (κ3) is 3.08. The van der Waals surface area contributed by atoms with Gasteiger partial charge < -0.3 is 16.1 Å². The van der Waals surface area contributed by atoms with Crippen LogP contribution in [0.5, 0.6) is 0 Å². The molecule has 98 valence electrons. The van der Waals surface area contributed by atoms with Crippen molar-refractivity contribution in [3.63, 3.8) is 0 Å². The summed E-state index contributed by atoms with van der Waals surface area (Å²) in [6, 6.07) is -0.0284. The number of halogens is 1. The number of hydrogen-bond acceptors (Lipinski definition) is 6. The number of nitrogen functional groups attached to an aromatic ring is 1. The number of rotatable bonds is 5. The molecule has 8 heteroatoms. The molecule has 18 heavy (non-hydrogen) atoms. The number of carbonyl (C=O) groups is 1. The van der Waals surface area contributed by atoms with Crippen molar-refractivity contribution in [3.8, 4) is 0 Å². The van der Waals surface area contributed by atoms with Crippen LogP contribution >= 0.6 is 15.9 Å². The van der Waals surface area contributed by atoms with E-state index in [-0.39, 0.29) is 11.9 Å². The Morgan fingerprint density at radius 2 is 2.17 bits per heavy atom. The molecule has 1 heterocycles. The highest BCUT2D eigenvalue weighted by molar-refractivity contribution is 9.10. The van der Waals surface area contributed by atoms with E-state index in [1.165, 1.54) is 6.33 Å². The topological polar surface area (TPSA) is 105 Å². The average Bonchev–Trinajstić information content (AvgIpc) is 3.15. The molecule has 1 amide bonds. The summed E-state index contributed by atoms with van der Waals surface area (Å²) < 4.78 is 0.596. The van der Waals surface area contributed by atoms with E-state index in [1.807, 2.05) is 0 Å². The van der Waals surface area contributed by atoms with E-state index in [0.717, 1.165) is 12.8 Å². The maximum atomic E-state index is 11.8. The molecule has 1 aromatic rings. The molecule has 1 fully saturated rings. The summed E-state index contributed by atoms with van der Waals surface area (Å²) in [4.78, 5) is 19.8. The number of nitrogens with one attached hydrogen (secondary N) is 3. The summed E-state index contributed by atoms with van der Waals surface area (Å²) in [5.41, 5.74) is 2.44. The van der Waals surface area contributed by atoms with Gasteiger partial charge in [-0.1, -0.05) is 0 Å². The smallest absolute Gasteiger partial charge is 0.242 e. The van der Waals surface area contributed by atoms with Crippen molar-refractivity contribution >= 4 is 33.5 Å². The molecular formula is C10H15BrN6O. The van der Waals surface area contributed by atoms with Gasteiger partial charge in [-0.3, -0.25) is 4.79 Å². The Balaban J connectivity index is 2.01. The quantitative estimate of drug-likeness (QED) is 0.468. The van der Waals surface area contributed by atoms with Crippen molar-refractivity contribution in [2.24, 2.45) is 5.84 Å².